The molecule has 2 N–H and O–H groups in total. The molecular weight excluding hydrogens is 176 g/mol. The van der Waals surface area contributed by atoms with Crippen molar-refractivity contribution in [2.24, 2.45) is 0 Å². The van der Waals surface area contributed by atoms with Crippen LogP contribution in [0.5, 0.6) is 0 Å². The summed E-state index contributed by atoms with van der Waals surface area (Å²) in [6.45, 7) is 4.44. The molecule has 2 unspecified atom stereocenters. The fraction of sp³-hybridized carbons (Fsp3) is 1.00. The molecule has 1 heterocycles. The summed E-state index contributed by atoms with van der Waals surface area (Å²) in [5.74, 6) is 0. The van der Waals surface area contributed by atoms with Gasteiger partial charge in [0.15, 0.2) is 0 Å². The summed E-state index contributed by atoms with van der Waals surface area (Å²) in [6.07, 6.45) is 5.65. The Labute approximate surface area is 86.6 Å². The maximum absolute atomic E-state index is 5.32. The molecule has 0 spiro atoms. The number of methoxy groups -OCH3 is 1. The van der Waals surface area contributed by atoms with E-state index in [2.05, 4.69) is 17.6 Å². The molecule has 2 aliphatic rings. The van der Waals surface area contributed by atoms with Crippen LogP contribution < -0.4 is 10.6 Å². The summed E-state index contributed by atoms with van der Waals surface area (Å²) < 4.78 is 5.32. The average Bonchev–Trinajstić information content (AvgIpc) is 2.59. The zero-order valence-electron chi connectivity index (χ0n) is 9.31. The monoisotopic (exact) mass is 198 g/mol. The van der Waals surface area contributed by atoms with Crippen molar-refractivity contribution in [1.29, 1.82) is 0 Å². The van der Waals surface area contributed by atoms with Crippen molar-refractivity contribution < 1.29 is 4.74 Å². The van der Waals surface area contributed by atoms with Gasteiger partial charge in [-0.15, -0.1) is 0 Å². The SMILES string of the molecule is COC1CNC(CNC2(C)CCC2)C1. The lowest BCUT2D eigenvalue weighted by atomic mass is 9.78. The highest BCUT2D eigenvalue weighted by atomic mass is 16.5. The highest BCUT2D eigenvalue weighted by Crippen LogP contribution is 2.30. The number of hydrogen-bond donors (Lipinski definition) is 2. The van der Waals surface area contributed by atoms with Crippen molar-refractivity contribution in [3.05, 3.63) is 0 Å². The summed E-state index contributed by atoms with van der Waals surface area (Å²) in [5, 5.41) is 7.15. The summed E-state index contributed by atoms with van der Waals surface area (Å²) in [4.78, 5) is 0. The second-order valence-corrected chi connectivity index (χ2v) is 4.99. The van der Waals surface area contributed by atoms with Crippen LogP contribution in [0, 0.1) is 0 Å². The van der Waals surface area contributed by atoms with Gasteiger partial charge in [-0.1, -0.05) is 0 Å². The third kappa shape index (κ3) is 2.27. The number of ether oxygens (including phenoxy) is 1. The van der Waals surface area contributed by atoms with Crippen molar-refractivity contribution in [2.45, 2.75) is 50.3 Å². The van der Waals surface area contributed by atoms with Crippen LogP contribution in [0.1, 0.15) is 32.6 Å². The standard InChI is InChI=1S/C11H22N2O/c1-11(4-3-5-11)13-7-9-6-10(14-2)8-12-9/h9-10,12-13H,3-8H2,1-2H3. The van der Waals surface area contributed by atoms with Crippen LogP contribution in [0.15, 0.2) is 0 Å². The lowest BCUT2D eigenvalue weighted by Gasteiger charge is -2.40. The van der Waals surface area contributed by atoms with E-state index in [0.717, 1.165) is 19.5 Å². The van der Waals surface area contributed by atoms with E-state index in [-0.39, 0.29) is 0 Å². The third-order valence-corrected chi connectivity index (χ3v) is 3.75. The number of nitrogens with one attached hydrogen (secondary N) is 2. The molecule has 1 saturated carbocycles. The molecule has 0 aromatic heterocycles. The third-order valence-electron chi connectivity index (χ3n) is 3.75. The fourth-order valence-corrected chi connectivity index (χ4v) is 2.37. The van der Waals surface area contributed by atoms with Gasteiger partial charge in [0.1, 0.15) is 0 Å². The van der Waals surface area contributed by atoms with Gasteiger partial charge in [0.25, 0.3) is 0 Å². The highest BCUT2D eigenvalue weighted by molar-refractivity contribution is 4.94. The lowest BCUT2D eigenvalue weighted by molar-refractivity contribution is 0.116. The van der Waals surface area contributed by atoms with Crippen LogP contribution in [0.4, 0.5) is 0 Å². The molecule has 0 aromatic carbocycles. The fourth-order valence-electron chi connectivity index (χ4n) is 2.37. The van der Waals surface area contributed by atoms with E-state index in [1.807, 2.05) is 0 Å². The molecule has 1 aliphatic carbocycles. The predicted octanol–water partition coefficient (Wildman–Crippen LogP) is 0.895. The summed E-state index contributed by atoms with van der Waals surface area (Å²) in [6, 6.07) is 0.609. The van der Waals surface area contributed by atoms with Gasteiger partial charge in [-0.05, 0) is 32.6 Å². The Hall–Kier alpha value is -0.120. The lowest BCUT2D eigenvalue weighted by Crippen LogP contribution is -2.51. The van der Waals surface area contributed by atoms with Crippen LogP contribution in [0.3, 0.4) is 0 Å². The topological polar surface area (TPSA) is 33.3 Å². The first-order valence-corrected chi connectivity index (χ1v) is 5.73. The van der Waals surface area contributed by atoms with Gasteiger partial charge in [0.05, 0.1) is 6.10 Å². The first kappa shape index (κ1) is 10.4. The van der Waals surface area contributed by atoms with Crippen LogP contribution in [0.2, 0.25) is 0 Å². The Morgan fingerprint density at radius 2 is 2.29 bits per heavy atom. The van der Waals surface area contributed by atoms with Gasteiger partial charge in [0, 0.05) is 31.8 Å². The van der Waals surface area contributed by atoms with Gasteiger partial charge in [-0.3, -0.25) is 0 Å². The minimum Gasteiger partial charge on any atom is -0.380 e. The predicted molar refractivity (Wildman–Crippen MR) is 57.5 cm³/mol. The number of hydrogen-bond acceptors (Lipinski definition) is 3. The Morgan fingerprint density at radius 3 is 2.79 bits per heavy atom. The first-order chi connectivity index (χ1) is 6.72. The van der Waals surface area contributed by atoms with Gasteiger partial charge in [0.2, 0.25) is 0 Å². The van der Waals surface area contributed by atoms with Gasteiger partial charge >= 0.3 is 0 Å². The Balaban J connectivity index is 1.66. The molecule has 2 atom stereocenters. The van der Waals surface area contributed by atoms with Crippen molar-refractivity contribution in [3.63, 3.8) is 0 Å². The van der Waals surface area contributed by atoms with Gasteiger partial charge in [-0.25, -0.2) is 0 Å². The molecule has 3 heteroatoms. The Bertz CT molecular complexity index is 192. The van der Waals surface area contributed by atoms with E-state index in [4.69, 9.17) is 4.74 Å². The molecular formula is C11H22N2O. The zero-order chi connectivity index (χ0) is 10.0. The Morgan fingerprint density at radius 1 is 1.50 bits per heavy atom. The second-order valence-electron chi connectivity index (χ2n) is 4.99. The maximum Gasteiger partial charge on any atom is 0.0711 e. The molecule has 0 amide bonds. The van der Waals surface area contributed by atoms with Gasteiger partial charge in [-0.2, -0.15) is 0 Å². The van der Waals surface area contributed by atoms with Gasteiger partial charge < -0.3 is 15.4 Å². The zero-order valence-corrected chi connectivity index (χ0v) is 9.31. The molecule has 2 fully saturated rings. The van der Waals surface area contributed by atoms with Crippen molar-refractivity contribution in [1.82, 2.24) is 10.6 Å². The smallest absolute Gasteiger partial charge is 0.0711 e. The molecule has 0 radical (unpaired) electrons. The normalized spacial score (nSPS) is 35.6. The second kappa shape index (κ2) is 4.17. The molecule has 14 heavy (non-hydrogen) atoms. The van der Waals surface area contributed by atoms with Crippen LogP contribution >= 0.6 is 0 Å². The molecule has 1 aliphatic heterocycles. The van der Waals surface area contributed by atoms with E-state index < -0.39 is 0 Å². The molecule has 82 valence electrons. The average molecular weight is 198 g/mol. The maximum atomic E-state index is 5.32. The first-order valence-electron chi connectivity index (χ1n) is 5.73. The molecule has 0 aromatic rings. The van der Waals surface area contributed by atoms with E-state index in [9.17, 15) is 0 Å². The summed E-state index contributed by atoms with van der Waals surface area (Å²) >= 11 is 0. The van der Waals surface area contributed by atoms with Crippen molar-refractivity contribution in [2.75, 3.05) is 20.2 Å². The molecule has 1 saturated heterocycles. The largest absolute Gasteiger partial charge is 0.380 e. The van der Waals surface area contributed by atoms with E-state index in [1.165, 1.54) is 19.3 Å². The molecule has 2 rings (SSSR count). The van der Waals surface area contributed by atoms with E-state index in [1.54, 1.807) is 7.11 Å². The van der Waals surface area contributed by atoms with Crippen LogP contribution in [-0.4, -0.2) is 37.9 Å². The minimum absolute atomic E-state index is 0.427. The van der Waals surface area contributed by atoms with E-state index in [0.29, 0.717) is 17.7 Å². The highest BCUT2D eigenvalue weighted by Gasteiger charge is 2.32. The van der Waals surface area contributed by atoms with Crippen LogP contribution in [0.25, 0.3) is 0 Å². The summed E-state index contributed by atoms with van der Waals surface area (Å²) in [7, 11) is 1.80. The van der Waals surface area contributed by atoms with E-state index >= 15 is 0 Å². The number of rotatable bonds is 4. The molecule has 3 nitrogen and oxygen atoms in total. The quantitative estimate of drug-likeness (QED) is 0.704. The van der Waals surface area contributed by atoms with Crippen molar-refractivity contribution in [3.8, 4) is 0 Å². The van der Waals surface area contributed by atoms with Crippen LogP contribution in [-0.2, 0) is 4.74 Å². The summed E-state index contributed by atoms with van der Waals surface area (Å²) in [5.41, 5.74) is 0.437. The molecule has 0 bridgehead atoms. The Kier molecular flexibility index (Phi) is 3.10. The minimum atomic E-state index is 0.427. The van der Waals surface area contributed by atoms with Crippen molar-refractivity contribution >= 4 is 0 Å².